The van der Waals surface area contributed by atoms with Crippen LogP contribution in [0, 0.1) is 12.7 Å². The summed E-state index contributed by atoms with van der Waals surface area (Å²) in [5.41, 5.74) is 3.62. The summed E-state index contributed by atoms with van der Waals surface area (Å²) >= 11 is 0. The molecule has 3 rings (SSSR count). The predicted octanol–water partition coefficient (Wildman–Crippen LogP) is 3.47. The van der Waals surface area contributed by atoms with Crippen LogP contribution in [-0.4, -0.2) is 60.4 Å². The molecule has 0 saturated carbocycles. The van der Waals surface area contributed by atoms with Crippen molar-refractivity contribution in [3.8, 4) is 0 Å². The van der Waals surface area contributed by atoms with E-state index in [2.05, 4.69) is 36.1 Å². The molecule has 1 saturated heterocycles. The number of piperazine rings is 1. The van der Waals surface area contributed by atoms with Gasteiger partial charge in [-0.15, -0.1) is 0 Å². The van der Waals surface area contributed by atoms with Crippen LogP contribution in [0.5, 0.6) is 0 Å². The third-order valence-corrected chi connectivity index (χ3v) is 5.61. The van der Waals surface area contributed by atoms with Gasteiger partial charge in [0, 0.05) is 38.8 Å². The molecule has 1 atom stereocenters. The van der Waals surface area contributed by atoms with Crippen molar-refractivity contribution >= 4 is 5.91 Å². The molecule has 0 aliphatic carbocycles. The zero-order valence-electron chi connectivity index (χ0n) is 17.1. The van der Waals surface area contributed by atoms with Crippen molar-refractivity contribution in [2.45, 2.75) is 26.4 Å². The summed E-state index contributed by atoms with van der Waals surface area (Å²) in [6.45, 7) is 8.80. The van der Waals surface area contributed by atoms with Gasteiger partial charge in [0.25, 0.3) is 0 Å². The number of rotatable bonds is 6. The number of likely N-dealkylation sites (N-methyl/N-ethyl adjacent to an activating group) is 1. The normalized spacial score (nSPS) is 16.4. The first-order chi connectivity index (χ1) is 13.4. The van der Waals surface area contributed by atoms with Crippen molar-refractivity contribution in [1.29, 1.82) is 0 Å². The Bertz CT molecular complexity index is 785. The van der Waals surface area contributed by atoms with Crippen LogP contribution < -0.4 is 0 Å². The third kappa shape index (κ3) is 5.40. The Morgan fingerprint density at radius 1 is 1.11 bits per heavy atom. The average molecular weight is 384 g/mol. The minimum atomic E-state index is -0.238. The quantitative estimate of drug-likeness (QED) is 0.764. The second-order valence-corrected chi connectivity index (χ2v) is 7.79. The van der Waals surface area contributed by atoms with E-state index >= 15 is 0 Å². The maximum absolute atomic E-state index is 13.1. The zero-order valence-corrected chi connectivity index (χ0v) is 17.1. The lowest BCUT2D eigenvalue weighted by molar-refractivity contribution is -0.134. The number of carbonyl (C=O) groups excluding carboxylic acids is 1. The summed E-state index contributed by atoms with van der Waals surface area (Å²) < 4.78 is 13.1. The maximum atomic E-state index is 13.1. The average Bonchev–Trinajstić information content (AvgIpc) is 2.68. The molecule has 2 aromatic rings. The van der Waals surface area contributed by atoms with Crippen LogP contribution >= 0.6 is 0 Å². The Hall–Kier alpha value is -2.24. The van der Waals surface area contributed by atoms with Crippen LogP contribution in [0.4, 0.5) is 4.39 Å². The van der Waals surface area contributed by atoms with E-state index in [9.17, 15) is 9.18 Å². The number of nitrogens with zero attached hydrogens (tertiary/aromatic N) is 3. The monoisotopic (exact) mass is 383 g/mol. The summed E-state index contributed by atoms with van der Waals surface area (Å²) in [5.74, 6) is -0.0788. The standard InChI is InChI=1S/C23H30FN3O/c1-18-5-4-6-20(15-18)16-26-11-13-27(14-12-26)23(28)17-25(3)19(2)21-7-9-22(24)10-8-21/h4-10,15,19H,11-14,16-17H2,1-3H3. The molecule has 1 fully saturated rings. The highest BCUT2D eigenvalue weighted by molar-refractivity contribution is 5.78. The van der Waals surface area contributed by atoms with Gasteiger partial charge in [-0.2, -0.15) is 0 Å². The van der Waals surface area contributed by atoms with E-state index in [1.165, 1.54) is 23.3 Å². The summed E-state index contributed by atoms with van der Waals surface area (Å²) in [7, 11) is 1.94. The topological polar surface area (TPSA) is 26.8 Å². The molecule has 0 bridgehead atoms. The van der Waals surface area contributed by atoms with Gasteiger partial charge in [-0.25, -0.2) is 4.39 Å². The smallest absolute Gasteiger partial charge is 0.236 e. The van der Waals surface area contributed by atoms with Crippen LogP contribution in [0.2, 0.25) is 0 Å². The number of amides is 1. The lowest BCUT2D eigenvalue weighted by atomic mass is 10.1. The summed E-state index contributed by atoms with van der Waals surface area (Å²) in [6, 6.07) is 15.2. The fourth-order valence-corrected chi connectivity index (χ4v) is 3.67. The summed E-state index contributed by atoms with van der Waals surface area (Å²) in [4.78, 5) is 19.1. The van der Waals surface area contributed by atoms with E-state index in [-0.39, 0.29) is 17.8 Å². The predicted molar refractivity (Wildman–Crippen MR) is 110 cm³/mol. The highest BCUT2D eigenvalue weighted by atomic mass is 19.1. The van der Waals surface area contributed by atoms with Gasteiger partial charge in [0.05, 0.1) is 6.54 Å². The van der Waals surface area contributed by atoms with Crippen molar-refractivity contribution < 1.29 is 9.18 Å². The molecule has 1 unspecified atom stereocenters. The molecule has 150 valence electrons. The van der Waals surface area contributed by atoms with Gasteiger partial charge in [-0.05, 0) is 44.2 Å². The van der Waals surface area contributed by atoms with Gasteiger partial charge >= 0.3 is 0 Å². The van der Waals surface area contributed by atoms with E-state index in [4.69, 9.17) is 0 Å². The Balaban J connectivity index is 1.47. The van der Waals surface area contributed by atoms with Crippen LogP contribution in [0.1, 0.15) is 29.7 Å². The lowest BCUT2D eigenvalue weighted by Crippen LogP contribution is -2.50. The molecule has 28 heavy (non-hydrogen) atoms. The number of hydrogen-bond acceptors (Lipinski definition) is 3. The summed E-state index contributed by atoms with van der Waals surface area (Å²) in [5, 5.41) is 0. The van der Waals surface area contributed by atoms with Crippen molar-refractivity contribution in [2.75, 3.05) is 39.8 Å². The van der Waals surface area contributed by atoms with Crippen molar-refractivity contribution in [1.82, 2.24) is 14.7 Å². The Morgan fingerprint density at radius 2 is 1.79 bits per heavy atom. The number of aryl methyl sites for hydroxylation is 1. The second kappa shape index (κ2) is 9.30. The fraction of sp³-hybridized carbons (Fsp3) is 0.435. The van der Waals surface area contributed by atoms with Gasteiger partial charge < -0.3 is 4.90 Å². The zero-order chi connectivity index (χ0) is 20.1. The molecule has 4 nitrogen and oxygen atoms in total. The molecule has 2 aromatic carbocycles. The van der Waals surface area contributed by atoms with Crippen LogP contribution in [0.25, 0.3) is 0 Å². The number of benzene rings is 2. The van der Waals surface area contributed by atoms with E-state index < -0.39 is 0 Å². The lowest BCUT2D eigenvalue weighted by Gasteiger charge is -2.36. The maximum Gasteiger partial charge on any atom is 0.236 e. The third-order valence-electron chi connectivity index (χ3n) is 5.61. The van der Waals surface area contributed by atoms with Crippen LogP contribution in [0.3, 0.4) is 0 Å². The van der Waals surface area contributed by atoms with Crippen molar-refractivity contribution in [2.24, 2.45) is 0 Å². The molecule has 0 radical (unpaired) electrons. The van der Waals surface area contributed by atoms with E-state index in [0.717, 1.165) is 38.3 Å². The van der Waals surface area contributed by atoms with Crippen molar-refractivity contribution in [3.05, 3.63) is 71.0 Å². The van der Waals surface area contributed by atoms with E-state index in [0.29, 0.717) is 6.54 Å². The molecule has 1 aliphatic heterocycles. The number of carbonyl (C=O) groups is 1. The molecule has 0 N–H and O–H groups in total. The van der Waals surface area contributed by atoms with Gasteiger partial charge in [0.15, 0.2) is 0 Å². The molecule has 1 amide bonds. The Kier molecular flexibility index (Phi) is 6.81. The van der Waals surface area contributed by atoms with Crippen LogP contribution in [-0.2, 0) is 11.3 Å². The highest BCUT2D eigenvalue weighted by Gasteiger charge is 2.23. The van der Waals surface area contributed by atoms with Crippen molar-refractivity contribution in [3.63, 3.8) is 0 Å². The SMILES string of the molecule is Cc1cccc(CN2CCN(C(=O)CN(C)C(C)c3ccc(F)cc3)CC2)c1. The minimum Gasteiger partial charge on any atom is -0.339 e. The first-order valence-corrected chi connectivity index (χ1v) is 9.94. The van der Waals surface area contributed by atoms with Gasteiger partial charge in [-0.3, -0.25) is 14.6 Å². The first-order valence-electron chi connectivity index (χ1n) is 9.94. The second-order valence-electron chi connectivity index (χ2n) is 7.79. The van der Waals surface area contributed by atoms with Gasteiger partial charge in [-0.1, -0.05) is 42.0 Å². The molecule has 0 aromatic heterocycles. The number of hydrogen-bond donors (Lipinski definition) is 0. The Morgan fingerprint density at radius 3 is 2.43 bits per heavy atom. The molecular weight excluding hydrogens is 353 g/mol. The van der Waals surface area contributed by atoms with Gasteiger partial charge in [0.1, 0.15) is 5.82 Å². The number of halogens is 1. The fourth-order valence-electron chi connectivity index (χ4n) is 3.67. The molecule has 5 heteroatoms. The Labute approximate surface area is 167 Å². The summed E-state index contributed by atoms with van der Waals surface area (Å²) in [6.07, 6.45) is 0. The molecular formula is C23H30FN3O. The van der Waals surface area contributed by atoms with E-state index in [1.807, 2.05) is 23.8 Å². The van der Waals surface area contributed by atoms with Crippen LogP contribution in [0.15, 0.2) is 48.5 Å². The van der Waals surface area contributed by atoms with Gasteiger partial charge in [0.2, 0.25) is 5.91 Å². The van der Waals surface area contributed by atoms with E-state index in [1.54, 1.807) is 12.1 Å². The molecule has 1 heterocycles. The molecule has 1 aliphatic rings. The minimum absolute atomic E-state index is 0.0622. The highest BCUT2D eigenvalue weighted by Crippen LogP contribution is 2.19. The largest absolute Gasteiger partial charge is 0.339 e. The first kappa shape index (κ1) is 20.5. The molecule has 0 spiro atoms.